The smallest absolute Gasteiger partial charge is 0.330 e. The van der Waals surface area contributed by atoms with Crippen LogP contribution < -0.4 is 0 Å². The summed E-state index contributed by atoms with van der Waals surface area (Å²) in [6.45, 7) is 11.6. The molecule has 1 saturated carbocycles. The first-order chi connectivity index (χ1) is 14.6. The molecule has 1 aliphatic carbocycles. The van der Waals surface area contributed by atoms with Crippen molar-refractivity contribution in [2.75, 3.05) is 6.61 Å². The molecule has 0 spiro atoms. The van der Waals surface area contributed by atoms with Gasteiger partial charge in [-0.15, -0.1) is 0 Å². The number of aromatic hydroxyl groups is 1. The molecule has 1 fully saturated rings. The molecular weight excluding hydrogens is 384 g/mol. The summed E-state index contributed by atoms with van der Waals surface area (Å²) >= 11 is 0. The summed E-state index contributed by atoms with van der Waals surface area (Å²) in [5.74, 6) is -0.0537. The Hall–Kier alpha value is -2.81. The minimum atomic E-state index is -0.329. The van der Waals surface area contributed by atoms with Gasteiger partial charge in [-0.1, -0.05) is 69.7 Å². The van der Waals surface area contributed by atoms with E-state index in [1.165, 1.54) is 23.6 Å². The Bertz CT molecular complexity index is 956. The van der Waals surface area contributed by atoms with Crippen LogP contribution in [0.4, 0.5) is 0 Å². The average molecular weight is 419 g/mol. The molecule has 3 heteroatoms. The number of carbonyl (C=O) groups is 1. The maximum absolute atomic E-state index is 11.6. The van der Waals surface area contributed by atoms with Gasteiger partial charge in [0.05, 0.1) is 6.61 Å². The lowest BCUT2D eigenvalue weighted by atomic mass is 9.62. The molecule has 164 valence electrons. The molecule has 2 aromatic carbocycles. The highest BCUT2D eigenvalue weighted by Gasteiger charge is 2.37. The standard InChI is InChI=1S/C28H34O3/c1-6-31-25(30)16-9-20-7-10-21(11-8-20)26(22-12-14-24(29)15-13-22)23-17-27(2,3)19-28(4,5)18-23/h7-16,29H,6,17-19H2,1-5H3. The molecule has 2 aromatic rings. The van der Waals surface area contributed by atoms with Crippen molar-refractivity contribution in [3.63, 3.8) is 0 Å². The first kappa shape index (κ1) is 22.9. The zero-order valence-corrected chi connectivity index (χ0v) is 19.4. The zero-order valence-electron chi connectivity index (χ0n) is 19.4. The van der Waals surface area contributed by atoms with E-state index in [-0.39, 0.29) is 22.5 Å². The Morgan fingerprint density at radius 2 is 1.45 bits per heavy atom. The van der Waals surface area contributed by atoms with E-state index in [9.17, 15) is 9.90 Å². The predicted molar refractivity (Wildman–Crippen MR) is 128 cm³/mol. The summed E-state index contributed by atoms with van der Waals surface area (Å²) in [7, 11) is 0. The normalized spacial score (nSPS) is 17.5. The number of ether oxygens (including phenoxy) is 1. The van der Waals surface area contributed by atoms with Crippen LogP contribution in [0.5, 0.6) is 5.75 Å². The van der Waals surface area contributed by atoms with Crippen LogP contribution in [0.25, 0.3) is 11.6 Å². The second-order valence-corrected chi connectivity index (χ2v) is 10.1. The topological polar surface area (TPSA) is 46.5 Å². The molecule has 3 nitrogen and oxygen atoms in total. The Morgan fingerprint density at radius 1 is 0.935 bits per heavy atom. The number of rotatable bonds is 5. The lowest BCUT2D eigenvalue weighted by Crippen LogP contribution is -2.30. The van der Waals surface area contributed by atoms with E-state index in [0.717, 1.165) is 29.5 Å². The van der Waals surface area contributed by atoms with E-state index in [2.05, 4.69) is 39.8 Å². The van der Waals surface area contributed by atoms with Crippen LogP contribution in [0, 0.1) is 10.8 Å². The number of allylic oxidation sites excluding steroid dienone is 1. The average Bonchev–Trinajstić information content (AvgIpc) is 2.67. The van der Waals surface area contributed by atoms with Gasteiger partial charge < -0.3 is 9.84 Å². The molecule has 0 bridgehead atoms. The van der Waals surface area contributed by atoms with Gasteiger partial charge in [-0.2, -0.15) is 0 Å². The molecule has 3 rings (SSSR count). The van der Waals surface area contributed by atoms with Gasteiger partial charge in [-0.05, 0) is 77.5 Å². The fourth-order valence-corrected chi connectivity index (χ4v) is 5.13. The Kier molecular flexibility index (Phi) is 6.74. The molecule has 0 atom stereocenters. The SMILES string of the molecule is CCOC(=O)C=Cc1ccc(C(=C2CC(C)(C)CC(C)(C)C2)c2ccc(O)cc2)cc1. The van der Waals surface area contributed by atoms with Crippen LogP contribution in [0.15, 0.2) is 60.2 Å². The third kappa shape index (κ3) is 6.10. The molecule has 0 saturated heterocycles. The molecule has 0 unspecified atom stereocenters. The highest BCUT2D eigenvalue weighted by molar-refractivity contribution is 5.87. The summed E-state index contributed by atoms with van der Waals surface area (Å²) in [4.78, 5) is 11.6. The monoisotopic (exact) mass is 418 g/mol. The van der Waals surface area contributed by atoms with Gasteiger partial charge in [-0.3, -0.25) is 0 Å². The molecule has 0 aliphatic heterocycles. The van der Waals surface area contributed by atoms with Gasteiger partial charge in [0.15, 0.2) is 0 Å². The van der Waals surface area contributed by atoms with Crippen molar-refractivity contribution >= 4 is 17.6 Å². The van der Waals surface area contributed by atoms with E-state index in [4.69, 9.17) is 4.74 Å². The van der Waals surface area contributed by atoms with E-state index in [1.807, 2.05) is 24.3 Å². The van der Waals surface area contributed by atoms with E-state index < -0.39 is 0 Å². The molecule has 1 N–H and O–H groups in total. The maximum atomic E-state index is 11.6. The van der Waals surface area contributed by atoms with Gasteiger partial charge in [-0.25, -0.2) is 4.79 Å². The molecule has 1 aliphatic rings. The summed E-state index contributed by atoms with van der Waals surface area (Å²) in [6.07, 6.45) is 6.55. The lowest BCUT2D eigenvalue weighted by Gasteiger charge is -2.43. The van der Waals surface area contributed by atoms with Gasteiger partial charge in [0.1, 0.15) is 5.75 Å². The van der Waals surface area contributed by atoms with E-state index in [0.29, 0.717) is 6.61 Å². The number of hydrogen-bond donors (Lipinski definition) is 1. The lowest BCUT2D eigenvalue weighted by molar-refractivity contribution is -0.137. The molecular formula is C28H34O3. The van der Waals surface area contributed by atoms with Crippen molar-refractivity contribution in [1.82, 2.24) is 0 Å². The fraction of sp³-hybridized carbons (Fsp3) is 0.393. The van der Waals surface area contributed by atoms with Crippen molar-refractivity contribution in [2.24, 2.45) is 10.8 Å². The first-order valence-electron chi connectivity index (χ1n) is 11.1. The quantitative estimate of drug-likeness (QED) is 0.420. The van der Waals surface area contributed by atoms with Gasteiger partial charge in [0.2, 0.25) is 0 Å². The number of hydrogen-bond acceptors (Lipinski definition) is 3. The van der Waals surface area contributed by atoms with Gasteiger partial charge in [0.25, 0.3) is 0 Å². The number of benzene rings is 2. The summed E-state index contributed by atoms with van der Waals surface area (Å²) in [5, 5.41) is 9.80. The van der Waals surface area contributed by atoms with Crippen LogP contribution >= 0.6 is 0 Å². The largest absolute Gasteiger partial charge is 0.508 e. The summed E-state index contributed by atoms with van der Waals surface area (Å²) in [6, 6.07) is 15.8. The number of phenolic OH excluding ortho intramolecular Hbond substituents is 1. The van der Waals surface area contributed by atoms with E-state index >= 15 is 0 Å². The molecule has 0 heterocycles. The van der Waals surface area contributed by atoms with Gasteiger partial charge >= 0.3 is 5.97 Å². The Labute approximate surface area is 186 Å². The first-order valence-corrected chi connectivity index (χ1v) is 11.1. The second-order valence-electron chi connectivity index (χ2n) is 10.1. The van der Waals surface area contributed by atoms with Crippen LogP contribution in [-0.4, -0.2) is 17.7 Å². The van der Waals surface area contributed by atoms with Crippen molar-refractivity contribution in [3.05, 3.63) is 76.9 Å². The highest BCUT2D eigenvalue weighted by atomic mass is 16.5. The summed E-state index contributed by atoms with van der Waals surface area (Å²) in [5.41, 5.74) is 6.42. The van der Waals surface area contributed by atoms with Gasteiger partial charge in [0, 0.05) is 6.08 Å². The predicted octanol–water partition coefficient (Wildman–Crippen LogP) is 7.01. The highest BCUT2D eigenvalue weighted by Crippen LogP contribution is 2.50. The third-order valence-corrected chi connectivity index (χ3v) is 5.75. The van der Waals surface area contributed by atoms with Crippen molar-refractivity contribution in [3.8, 4) is 5.75 Å². The van der Waals surface area contributed by atoms with Crippen molar-refractivity contribution in [1.29, 1.82) is 0 Å². The summed E-state index contributed by atoms with van der Waals surface area (Å²) < 4.78 is 4.96. The second kappa shape index (κ2) is 9.13. The zero-order chi connectivity index (χ0) is 22.6. The van der Waals surface area contributed by atoms with E-state index in [1.54, 1.807) is 25.1 Å². The number of carbonyl (C=O) groups excluding carboxylic acids is 1. The molecule has 0 amide bonds. The number of phenols is 1. The Balaban J connectivity index is 2.03. The van der Waals surface area contributed by atoms with Crippen LogP contribution in [-0.2, 0) is 9.53 Å². The molecule has 0 aromatic heterocycles. The van der Waals surface area contributed by atoms with Crippen molar-refractivity contribution < 1.29 is 14.6 Å². The Morgan fingerprint density at radius 3 is 1.97 bits per heavy atom. The maximum Gasteiger partial charge on any atom is 0.330 e. The van der Waals surface area contributed by atoms with Crippen LogP contribution in [0.2, 0.25) is 0 Å². The third-order valence-electron chi connectivity index (χ3n) is 5.75. The van der Waals surface area contributed by atoms with Crippen LogP contribution in [0.3, 0.4) is 0 Å². The molecule has 0 radical (unpaired) electrons. The number of esters is 1. The van der Waals surface area contributed by atoms with Crippen molar-refractivity contribution in [2.45, 2.75) is 53.9 Å². The minimum Gasteiger partial charge on any atom is -0.508 e. The molecule has 31 heavy (non-hydrogen) atoms. The minimum absolute atomic E-state index is 0.238. The van der Waals surface area contributed by atoms with Crippen LogP contribution in [0.1, 0.15) is 70.6 Å². The fourth-order valence-electron chi connectivity index (χ4n) is 5.13.